The van der Waals surface area contributed by atoms with Crippen LogP contribution in [-0.4, -0.2) is 12.5 Å². The Bertz CT molecular complexity index is 1310. The molecule has 3 N–H and O–H groups in total. The highest BCUT2D eigenvalue weighted by Crippen LogP contribution is 2.35. The number of nitrogens with zero attached hydrogens (tertiary/aromatic N) is 1. The van der Waals surface area contributed by atoms with E-state index in [1.54, 1.807) is 12.1 Å². The van der Waals surface area contributed by atoms with Crippen LogP contribution in [0.25, 0.3) is 11.1 Å². The molecule has 208 valence electrons. The second kappa shape index (κ2) is 14.2. The third kappa shape index (κ3) is 7.63. The molecule has 1 heterocycles. The normalized spacial score (nSPS) is 14.2. The Balaban J connectivity index is 0.000000216. The van der Waals surface area contributed by atoms with Crippen molar-refractivity contribution >= 4 is 28.9 Å². The quantitative estimate of drug-likeness (QED) is 0.333. The molecule has 0 radical (unpaired) electrons. The van der Waals surface area contributed by atoms with Crippen LogP contribution < -0.4 is 16.0 Å². The van der Waals surface area contributed by atoms with Crippen molar-refractivity contribution in [3.05, 3.63) is 94.0 Å². The average Bonchev–Trinajstić information content (AvgIpc) is 3.32. The lowest BCUT2D eigenvalue weighted by Crippen LogP contribution is -2.25. The van der Waals surface area contributed by atoms with Crippen LogP contribution in [-0.2, 0) is 4.79 Å². The molecule has 4 nitrogen and oxygen atoms in total. The van der Waals surface area contributed by atoms with Crippen LogP contribution in [0.15, 0.2) is 72.1 Å². The molecule has 1 amide bonds. The van der Waals surface area contributed by atoms with Gasteiger partial charge in [0.1, 0.15) is 5.82 Å². The summed E-state index contributed by atoms with van der Waals surface area (Å²) in [6.45, 7) is 11.4. The summed E-state index contributed by atoms with van der Waals surface area (Å²) >= 11 is 5.64. The first-order valence-electron chi connectivity index (χ1n) is 13.9. The van der Waals surface area contributed by atoms with Crippen LogP contribution in [0, 0.1) is 12.7 Å². The van der Waals surface area contributed by atoms with Crippen LogP contribution >= 0.6 is 11.6 Å². The van der Waals surface area contributed by atoms with Crippen LogP contribution in [0.3, 0.4) is 0 Å². The third-order valence-corrected chi connectivity index (χ3v) is 7.24. The lowest BCUT2D eigenvalue weighted by atomic mass is 9.92. The minimum absolute atomic E-state index is 0.255. The minimum atomic E-state index is -0.384. The van der Waals surface area contributed by atoms with Gasteiger partial charge in [-0.2, -0.15) is 0 Å². The maximum Gasteiger partial charge on any atom is 0.227 e. The van der Waals surface area contributed by atoms with Gasteiger partial charge in [-0.3, -0.25) is 4.79 Å². The number of carbonyl (C=O) groups is 1. The zero-order valence-corrected chi connectivity index (χ0v) is 24.5. The number of hydrogen-bond acceptors (Lipinski definition) is 3. The third-order valence-electron chi connectivity index (χ3n) is 7.01. The fourth-order valence-corrected chi connectivity index (χ4v) is 4.84. The standard InChI is InChI=1S/C20H23NO.C11H12ClFN2.C2H6/c1-14(2)18-13-16(17-8-5-4-7-15(17)3)10-11-19(18)21-12-6-9-20(21)22;12-8-4-5-10(9(13)6-8)15-11(14)7-2-1-3-7;1-2/h4-5,7-8,10-11,13-14H,6,9,12H2,1-3H3;4-6,15H,1-3,14H2;1-2H3. The molecule has 6 heteroatoms. The molecule has 39 heavy (non-hydrogen) atoms. The van der Waals surface area contributed by atoms with E-state index in [4.69, 9.17) is 17.3 Å². The number of allylic oxidation sites excluding steroid dienone is 1. The number of halogens is 2. The number of anilines is 2. The maximum absolute atomic E-state index is 13.4. The van der Waals surface area contributed by atoms with Crippen molar-refractivity contribution in [3.8, 4) is 11.1 Å². The van der Waals surface area contributed by atoms with Crippen molar-refractivity contribution in [2.24, 2.45) is 5.73 Å². The Morgan fingerprint density at radius 3 is 2.28 bits per heavy atom. The summed E-state index contributed by atoms with van der Waals surface area (Å²) in [6, 6.07) is 19.5. The lowest BCUT2D eigenvalue weighted by molar-refractivity contribution is -0.117. The Kier molecular flexibility index (Phi) is 11.0. The van der Waals surface area contributed by atoms with E-state index in [1.165, 1.54) is 40.3 Å². The van der Waals surface area contributed by atoms with E-state index in [2.05, 4.69) is 68.6 Å². The fraction of sp³-hybridized carbons (Fsp3) is 0.364. The van der Waals surface area contributed by atoms with E-state index in [9.17, 15) is 9.18 Å². The monoisotopic (exact) mass is 549 g/mol. The molecule has 0 bridgehead atoms. The van der Waals surface area contributed by atoms with Gasteiger partial charge >= 0.3 is 0 Å². The zero-order chi connectivity index (χ0) is 28.5. The molecule has 0 atom stereocenters. The van der Waals surface area contributed by atoms with Crippen molar-refractivity contribution < 1.29 is 9.18 Å². The highest BCUT2D eigenvalue weighted by atomic mass is 35.5. The molecule has 0 unspecified atom stereocenters. The van der Waals surface area contributed by atoms with Crippen LogP contribution in [0.1, 0.15) is 76.8 Å². The lowest BCUT2D eigenvalue weighted by Gasteiger charge is -2.23. The maximum atomic E-state index is 13.4. The summed E-state index contributed by atoms with van der Waals surface area (Å²) in [7, 11) is 0. The van der Waals surface area contributed by atoms with Crippen molar-refractivity contribution in [1.82, 2.24) is 0 Å². The van der Waals surface area contributed by atoms with Crippen LogP contribution in [0.2, 0.25) is 5.02 Å². The van der Waals surface area contributed by atoms with Crippen molar-refractivity contribution in [3.63, 3.8) is 0 Å². The smallest absolute Gasteiger partial charge is 0.227 e. The first-order chi connectivity index (χ1) is 18.7. The van der Waals surface area contributed by atoms with E-state index >= 15 is 0 Å². The van der Waals surface area contributed by atoms with Gasteiger partial charge in [-0.05, 0) is 96.7 Å². The summed E-state index contributed by atoms with van der Waals surface area (Å²) in [5.41, 5.74) is 13.5. The molecule has 0 aromatic heterocycles. The number of amides is 1. The van der Waals surface area contributed by atoms with Crippen LogP contribution in [0.5, 0.6) is 0 Å². The molecule has 1 aliphatic heterocycles. The van der Waals surface area contributed by atoms with Gasteiger partial charge in [0.05, 0.1) is 11.5 Å². The molecule has 3 aromatic rings. The van der Waals surface area contributed by atoms with E-state index in [0.29, 0.717) is 28.9 Å². The van der Waals surface area contributed by atoms with Crippen molar-refractivity contribution in [2.75, 3.05) is 16.8 Å². The Labute approximate surface area is 238 Å². The Morgan fingerprint density at radius 2 is 1.72 bits per heavy atom. The number of aryl methyl sites for hydroxylation is 1. The molecular weight excluding hydrogens is 509 g/mol. The number of carbonyl (C=O) groups excluding carboxylic acids is 1. The largest absolute Gasteiger partial charge is 0.385 e. The molecule has 1 saturated heterocycles. The zero-order valence-electron chi connectivity index (χ0n) is 23.8. The number of nitrogens with one attached hydrogen (secondary N) is 1. The Morgan fingerprint density at radius 1 is 1.00 bits per heavy atom. The van der Waals surface area contributed by atoms with Crippen LogP contribution in [0.4, 0.5) is 15.8 Å². The molecule has 5 rings (SSSR count). The number of nitrogens with two attached hydrogens (primary N) is 1. The van der Waals surface area contributed by atoms with E-state index in [1.807, 2.05) is 18.7 Å². The molecule has 2 aliphatic rings. The van der Waals surface area contributed by atoms with Gasteiger partial charge in [0, 0.05) is 23.7 Å². The second-order valence-corrected chi connectivity index (χ2v) is 10.4. The first-order valence-corrected chi connectivity index (χ1v) is 14.3. The van der Waals surface area contributed by atoms with Gasteiger partial charge in [0.15, 0.2) is 0 Å². The van der Waals surface area contributed by atoms with Gasteiger partial charge in [-0.15, -0.1) is 0 Å². The summed E-state index contributed by atoms with van der Waals surface area (Å²) < 4.78 is 13.4. The summed E-state index contributed by atoms with van der Waals surface area (Å²) in [5.74, 6) is 0.839. The first kappa shape index (κ1) is 30.2. The summed E-state index contributed by atoms with van der Waals surface area (Å²) in [5, 5.41) is 3.25. The molecular formula is C33H41ClFN3O. The number of benzene rings is 3. The molecule has 1 aliphatic carbocycles. The highest BCUT2D eigenvalue weighted by molar-refractivity contribution is 6.30. The molecule has 1 saturated carbocycles. The number of hydrogen-bond donors (Lipinski definition) is 2. The van der Waals surface area contributed by atoms with Gasteiger partial charge < -0.3 is 16.0 Å². The Hall–Kier alpha value is -3.31. The number of rotatable bonds is 5. The van der Waals surface area contributed by atoms with E-state index in [-0.39, 0.29) is 11.7 Å². The topological polar surface area (TPSA) is 58.4 Å². The fourth-order valence-electron chi connectivity index (χ4n) is 4.68. The summed E-state index contributed by atoms with van der Waals surface area (Å²) in [6.07, 6.45) is 4.83. The average molecular weight is 550 g/mol. The highest BCUT2D eigenvalue weighted by Gasteiger charge is 2.25. The van der Waals surface area contributed by atoms with Crippen molar-refractivity contribution in [1.29, 1.82) is 0 Å². The summed E-state index contributed by atoms with van der Waals surface area (Å²) in [4.78, 5) is 14.0. The molecule has 2 fully saturated rings. The minimum Gasteiger partial charge on any atom is -0.385 e. The van der Waals surface area contributed by atoms with E-state index < -0.39 is 0 Å². The predicted octanol–water partition coefficient (Wildman–Crippen LogP) is 9.18. The van der Waals surface area contributed by atoms with Gasteiger partial charge in [0.25, 0.3) is 0 Å². The SMILES string of the molecule is CC.Cc1ccccc1-c1ccc(N2CCCC2=O)c(C(C)C)c1.NC(Nc1ccc(Cl)cc1F)=C1CCC1. The predicted molar refractivity (Wildman–Crippen MR) is 164 cm³/mol. The van der Waals surface area contributed by atoms with Gasteiger partial charge in [-0.25, -0.2) is 4.39 Å². The van der Waals surface area contributed by atoms with Gasteiger partial charge in [0.2, 0.25) is 5.91 Å². The van der Waals surface area contributed by atoms with Gasteiger partial charge in [-0.1, -0.05) is 69.6 Å². The molecule has 0 spiro atoms. The van der Waals surface area contributed by atoms with E-state index in [0.717, 1.165) is 31.5 Å². The van der Waals surface area contributed by atoms with Crippen molar-refractivity contribution in [2.45, 2.75) is 72.6 Å². The second-order valence-electron chi connectivity index (χ2n) is 10.0. The molecule has 3 aromatic carbocycles.